The zero-order valence-electron chi connectivity index (χ0n) is 17.0. The molecule has 0 saturated carbocycles. The standard InChI is InChI=1S/C22H26N4O2/c1-21(2,3)12-25-20-24-11-16-15(10-23-19(16)26-20)13-6-7-14-17(27)9-22(4,5)28-18(14)8-13/h6-8,10-11H,9,12H2,1-5H3,(H2,23,24,25,26). The van der Waals surface area contributed by atoms with E-state index in [1.807, 2.05) is 44.4 Å². The van der Waals surface area contributed by atoms with Crippen molar-refractivity contribution in [1.29, 1.82) is 0 Å². The van der Waals surface area contributed by atoms with Gasteiger partial charge in [-0.15, -0.1) is 0 Å². The Kier molecular flexibility index (Phi) is 4.17. The second kappa shape index (κ2) is 6.33. The number of carbonyl (C=O) groups is 1. The molecule has 0 saturated heterocycles. The number of ketones is 1. The van der Waals surface area contributed by atoms with Crippen LogP contribution in [0.2, 0.25) is 0 Å². The lowest BCUT2D eigenvalue weighted by atomic mass is 9.91. The van der Waals surface area contributed by atoms with Gasteiger partial charge in [0, 0.05) is 29.9 Å². The van der Waals surface area contributed by atoms with Crippen LogP contribution in [0.1, 0.15) is 51.4 Å². The van der Waals surface area contributed by atoms with Crippen LogP contribution in [0.25, 0.3) is 22.2 Å². The van der Waals surface area contributed by atoms with Gasteiger partial charge >= 0.3 is 0 Å². The number of fused-ring (bicyclic) bond motifs is 2. The lowest BCUT2D eigenvalue weighted by Crippen LogP contribution is -2.35. The molecule has 4 rings (SSSR count). The summed E-state index contributed by atoms with van der Waals surface area (Å²) < 4.78 is 6.05. The van der Waals surface area contributed by atoms with E-state index in [2.05, 4.69) is 41.0 Å². The monoisotopic (exact) mass is 378 g/mol. The number of hydrogen-bond acceptors (Lipinski definition) is 5. The Morgan fingerprint density at radius 2 is 2.04 bits per heavy atom. The van der Waals surface area contributed by atoms with Crippen molar-refractivity contribution in [3.8, 4) is 16.9 Å². The van der Waals surface area contributed by atoms with E-state index in [9.17, 15) is 4.79 Å². The summed E-state index contributed by atoms with van der Waals surface area (Å²) in [5.41, 5.74) is 3.03. The topological polar surface area (TPSA) is 79.9 Å². The molecule has 6 heteroatoms. The summed E-state index contributed by atoms with van der Waals surface area (Å²) in [7, 11) is 0. The van der Waals surface area contributed by atoms with E-state index in [0.29, 0.717) is 23.7 Å². The Morgan fingerprint density at radius 3 is 2.79 bits per heavy atom. The molecule has 1 aliphatic rings. The normalized spacial score (nSPS) is 16.0. The van der Waals surface area contributed by atoms with E-state index in [0.717, 1.165) is 28.7 Å². The van der Waals surface area contributed by atoms with E-state index in [-0.39, 0.29) is 11.2 Å². The molecule has 0 fully saturated rings. The average molecular weight is 378 g/mol. The van der Waals surface area contributed by atoms with Gasteiger partial charge in [-0.3, -0.25) is 4.79 Å². The lowest BCUT2D eigenvalue weighted by molar-refractivity contribution is 0.0620. The maximum Gasteiger partial charge on any atom is 0.224 e. The first kappa shape index (κ1) is 18.5. The number of H-pyrrole nitrogens is 1. The Morgan fingerprint density at radius 1 is 1.25 bits per heavy atom. The third kappa shape index (κ3) is 3.59. The van der Waals surface area contributed by atoms with E-state index in [4.69, 9.17) is 4.74 Å². The van der Waals surface area contributed by atoms with E-state index in [1.54, 1.807) is 0 Å². The smallest absolute Gasteiger partial charge is 0.224 e. The van der Waals surface area contributed by atoms with Gasteiger partial charge in [0.2, 0.25) is 5.95 Å². The predicted octanol–water partition coefficient (Wildman–Crippen LogP) is 4.83. The van der Waals surface area contributed by atoms with Gasteiger partial charge in [0.15, 0.2) is 5.78 Å². The van der Waals surface area contributed by atoms with Crippen LogP contribution in [0.3, 0.4) is 0 Å². The van der Waals surface area contributed by atoms with Crippen molar-refractivity contribution < 1.29 is 9.53 Å². The first-order chi connectivity index (χ1) is 13.1. The van der Waals surface area contributed by atoms with Gasteiger partial charge in [0.1, 0.15) is 17.0 Å². The molecule has 3 heterocycles. The van der Waals surface area contributed by atoms with E-state index < -0.39 is 5.60 Å². The molecule has 2 aromatic heterocycles. The van der Waals surface area contributed by atoms with Crippen molar-refractivity contribution >= 4 is 22.8 Å². The maximum atomic E-state index is 12.4. The number of aromatic nitrogens is 3. The van der Waals surface area contributed by atoms with Gasteiger partial charge in [-0.25, -0.2) is 4.98 Å². The number of nitrogens with zero attached hydrogens (tertiary/aromatic N) is 2. The number of benzene rings is 1. The molecule has 0 bridgehead atoms. The van der Waals surface area contributed by atoms with Crippen LogP contribution in [0.5, 0.6) is 5.75 Å². The van der Waals surface area contributed by atoms with Crippen LogP contribution < -0.4 is 10.1 Å². The van der Waals surface area contributed by atoms with E-state index >= 15 is 0 Å². The molecule has 0 aliphatic carbocycles. The van der Waals surface area contributed by atoms with Crippen molar-refractivity contribution in [3.63, 3.8) is 0 Å². The van der Waals surface area contributed by atoms with Crippen LogP contribution in [-0.4, -0.2) is 32.9 Å². The van der Waals surface area contributed by atoms with Crippen LogP contribution in [0, 0.1) is 5.41 Å². The Labute approximate surface area is 164 Å². The number of anilines is 1. The second-order valence-corrected chi connectivity index (χ2v) is 9.25. The number of aromatic amines is 1. The maximum absolute atomic E-state index is 12.4. The predicted molar refractivity (Wildman–Crippen MR) is 111 cm³/mol. The van der Waals surface area contributed by atoms with Crippen LogP contribution >= 0.6 is 0 Å². The van der Waals surface area contributed by atoms with Crippen molar-refractivity contribution in [3.05, 3.63) is 36.2 Å². The molecule has 0 spiro atoms. The van der Waals surface area contributed by atoms with Gasteiger partial charge in [-0.1, -0.05) is 26.8 Å². The summed E-state index contributed by atoms with van der Waals surface area (Å²) in [4.78, 5) is 24.6. The third-order valence-electron chi connectivity index (χ3n) is 4.77. The summed E-state index contributed by atoms with van der Waals surface area (Å²) in [6, 6.07) is 5.73. The summed E-state index contributed by atoms with van der Waals surface area (Å²) in [5.74, 6) is 1.36. The first-order valence-corrected chi connectivity index (χ1v) is 9.56. The molecule has 0 amide bonds. The quantitative estimate of drug-likeness (QED) is 0.682. The molecule has 1 aliphatic heterocycles. The van der Waals surface area contributed by atoms with Gasteiger partial charge in [0.25, 0.3) is 0 Å². The van der Waals surface area contributed by atoms with Gasteiger partial charge in [0.05, 0.1) is 12.0 Å². The highest BCUT2D eigenvalue weighted by Gasteiger charge is 2.32. The zero-order chi connectivity index (χ0) is 20.1. The fraction of sp³-hybridized carbons (Fsp3) is 0.409. The average Bonchev–Trinajstić information content (AvgIpc) is 3.01. The number of hydrogen-bond donors (Lipinski definition) is 2. The molecule has 2 N–H and O–H groups in total. The summed E-state index contributed by atoms with van der Waals surface area (Å²) in [5, 5.41) is 4.21. The molecule has 28 heavy (non-hydrogen) atoms. The molecule has 146 valence electrons. The van der Waals surface area contributed by atoms with Gasteiger partial charge in [-0.2, -0.15) is 4.98 Å². The minimum Gasteiger partial charge on any atom is -0.487 e. The fourth-order valence-electron chi connectivity index (χ4n) is 3.40. The Hall–Kier alpha value is -2.89. The Bertz CT molecular complexity index is 1060. The molecule has 0 radical (unpaired) electrons. The summed E-state index contributed by atoms with van der Waals surface area (Å²) in [6.45, 7) is 11.1. The number of Topliss-reactive ketones (excluding diaryl/α,β-unsaturated/α-hetero) is 1. The van der Waals surface area contributed by atoms with Crippen molar-refractivity contribution in [1.82, 2.24) is 15.0 Å². The highest BCUT2D eigenvalue weighted by molar-refractivity contribution is 6.02. The van der Waals surface area contributed by atoms with Crippen LogP contribution in [0.4, 0.5) is 5.95 Å². The molecule has 3 aromatic rings. The third-order valence-corrected chi connectivity index (χ3v) is 4.77. The van der Waals surface area contributed by atoms with E-state index in [1.165, 1.54) is 0 Å². The van der Waals surface area contributed by atoms with Crippen molar-refractivity contribution in [2.24, 2.45) is 5.41 Å². The minimum absolute atomic E-state index is 0.120. The number of carbonyl (C=O) groups excluding carboxylic acids is 1. The number of nitrogens with one attached hydrogen (secondary N) is 2. The van der Waals surface area contributed by atoms with Crippen LogP contribution in [-0.2, 0) is 0 Å². The fourth-order valence-corrected chi connectivity index (χ4v) is 3.40. The highest BCUT2D eigenvalue weighted by atomic mass is 16.5. The van der Waals surface area contributed by atoms with Gasteiger partial charge < -0.3 is 15.0 Å². The first-order valence-electron chi connectivity index (χ1n) is 9.56. The van der Waals surface area contributed by atoms with Gasteiger partial charge in [-0.05, 0) is 37.0 Å². The molecular formula is C22H26N4O2. The number of rotatable bonds is 3. The molecule has 6 nitrogen and oxygen atoms in total. The van der Waals surface area contributed by atoms with Crippen molar-refractivity contribution in [2.75, 3.05) is 11.9 Å². The minimum atomic E-state index is -0.486. The molecule has 0 atom stereocenters. The van der Waals surface area contributed by atoms with Crippen molar-refractivity contribution in [2.45, 2.75) is 46.6 Å². The lowest BCUT2D eigenvalue weighted by Gasteiger charge is -2.31. The second-order valence-electron chi connectivity index (χ2n) is 9.25. The Balaban J connectivity index is 1.68. The summed E-state index contributed by atoms with van der Waals surface area (Å²) >= 11 is 0. The number of ether oxygens (including phenoxy) is 1. The zero-order valence-corrected chi connectivity index (χ0v) is 17.0. The summed E-state index contributed by atoms with van der Waals surface area (Å²) in [6.07, 6.45) is 4.14. The largest absolute Gasteiger partial charge is 0.487 e. The highest BCUT2D eigenvalue weighted by Crippen LogP contribution is 2.37. The van der Waals surface area contributed by atoms with Crippen LogP contribution in [0.15, 0.2) is 30.6 Å². The SMILES string of the molecule is CC(C)(C)CNc1ncc2c(-c3ccc4c(c3)OC(C)(C)CC4=O)c[nH]c2n1. The molecular weight excluding hydrogens is 352 g/mol. The molecule has 0 unspecified atom stereocenters. The molecule has 1 aromatic carbocycles.